The van der Waals surface area contributed by atoms with Gasteiger partial charge in [-0.15, -0.1) is 0 Å². The minimum absolute atomic E-state index is 0. The number of rotatable bonds is 2. The Balaban J connectivity index is 0.000001000. The number of carboxylic acid groups (broad SMARTS) is 1. The summed E-state index contributed by atoms with van der Waals surface area (Å²) in [6.07, 6.45) is 0.112. The van der Waals surface area contributed by atoms with E-state index in [9.17, 15) is 4.79 Å². The van der Waals surface area contributed by atoms with Crippen LogP contribution in [0.2, 0.25) is 0 Å². The number of benzene rings is 1. The van der Waals surface area contributed by atoms with Gasteiger partial charge in [0.15, 0.2) is 0 Å². The van der Waals surface area contributed by atoms with E-state index >= 15 is 0 Å². The molecule has 56 valence electrons. The van der Waals surface area contributed by atoms with Crippen LogP contribution in [0.3, 0.4) is 0 Å². The fraction of sp³-hybridized carbons (Fsp3) is 0.125. The predicted octanol–water partition coefficient (Wildman–Crippen LogP) is 1.31. The summed E-state index contributed by atoms with van der Waals surface area (Å²) in [6.45, 7) is 0. The normalized spacial score (nSPS) is 8.36. The van der Waals surface area contributed by atoms with Crippen LogP contribution in [0, 0.1) is 0 Å². The first-order valence-corrected chi connectivity index (χ1v) is 3.05. The first-order chi connectivity index (χ1) is 4.79. The van der Waals surface area contributed by atoms with Crippen molar-refractivity contribution in [2.24, 2.45) is 0 Å². The third kappa shape index (κ3) is 4.10. The van der Waals surface area contributed by atoms with Crippen molar-refractivity contribution in [1.29, 1.82) is 0 Å². The van der Waals surface area contributed by atoms with E-state index in [1.807, 2.05) is 18.2 Å². The van der Waals surface area contributed by atoms with Crippen molar-refractivity contribution in [2.45, 2.75) is 6.42 Å². The molecule has 1 aromatic rings. The monoisotopic (exact) mass is 226 g/mol. The molecule has 3 heteroatoms. The summed E-state index contributed by atoms with van der Waals surface area (Å²) in [5.74, 6) is -0.786. The smallest absolute Gasteiger partial charge is 0.307 e. The molecule has 0 heterocycles. The summed E-state index contributed by atoms with van der Waals surface area (Å²) in [5.41, 5.74) is 0.843. The van der Waals surface area contributed by atoms with Crippen LogP contribution < -0.4 is 0 Å². The topological polar surface area (TPSA) is 37.3 Å². The van der Waals surface area contributed by atoms with Crippen LogP contribution in [0.25, 0.3) is 0 Å². The van der Waals surface area contributed by atoms with E-state index in [1.54, 1.807) is 12.1 Å². The SMILES string of the molecule is O=C(O)Cc1ccccc1.[Zr]. The van der Waals surface area contributed by atoms with E-state index in [-0.39, 0.29) is 32.6 Å². The largest absolute Gasteiger partial charge is 0.481 e. The van der Waals surface area contributed by atoms with Gasteiger partial charge in [-0.1, -0.05) is 30.3 Å². The van der Waals surface area contributed by atoms with Gasteiger partial charge in [0.05, 0.1) is 6.42 Å². The van der Waals surface area contributed by atoms with Gasteiger partial charge in [0.25, 0.3) is 0 Å². The molecule has 1 aromatic carbocycles. The fourth-order valence-corrected chi connectivity index (χ4v) is 0.770. The average molecular weight is 227 g/mol. The molecule has 0 radical (unpaired) electrons. The number of hydrogen-bond donors (Lipinski definition) is 1. The average Bonchev–Trinajstić information content (AvgIpc) is 1.88. The van der Waals surface area contributed by atoms with Gasteiger partial charge >= 0.3 is 5.97 Å². The molecule has 0 aliphatic rings. The Labute approximate surface area is 84.4 Å². The first kappa shape index (κ1) is 10.6. The molecule has 0 spiro atoms. The molecular formula is C8H8O2Zr. The summed E-state index contributed by atoms with van der Waals surface area (Å²) in [5, 5.41) is 8.37. The molecule has 0 saturated carbocycles. The molecule has 0 amide bonds. The van der Waals surface area contributed by atoms with Crippen molar-refractivity contribution in [3.63, 3.8) is 0 Å². The summed E-state index contributed by atoms with van der Waals surface area (Å²) < 4.78 is 0. The second kappa shape index (κ2) is 5.25. The van der Waals surface area contributed by atoms with E-state index in [1.165, 1.54) is 0 Å². The molecule has 2 nitrogen and oxygen atoms in total. The van der Waals surface area contributed by atoms with Crippen LogP contribution in [-0.2, 0) is 37.4 Å². The Morgan fingerprint density at radius 3 is 2.27 bits per heavy atom. The molecule has 0 fully saturated rings. The van der Waals surface area contributed by atoms with Crippen molar-refractivity contribution in [1.82, 2.24) is 0 Å². The van der Waals surface area contributed by atoms with Crippen molar-refractivity contribution in [3.05, 3.63) is 35.9 Å². The van der Waals surface area contributed by atoms with Crippen LogP contribution in [0.4, 0.5) is 0 Å². The molecule has 0 aliphatic heterocycles. The van der Waals surface area contributed by atoms with Crippen molar-refractivity contribution in [2.75, 3.05) is 0 Å². The minimum Gasteiger partial charge on any atom is -0.481 e. The van der Waals surface area contributed by atoms with Gasteiger partial charge in [0.1, 0.15) is 0 Å². The summed E-state index contributed by atoms with van der Waals surface area (Å²) in [6, 6.07) is 9.13. The minimum atomic E-state index is -0.786. The Morgan fingerprint density at radius 1 is 1.27 bits per heavy atom. The zero-order valence-corrected chi connectivity index (χ0v) is 8.41. The number of carbonyl (C=O) groups is 1. The van der Waals surface area contributed by atoms with E-state index < -0.39 is 5.97 Å². The van der Waals surface area contributed by atoms with E-state index in [2.05, 4.69) is 0 Å². The maximum atomic E-state index is 10.2. The molecule has 1 N–H and O–H groups in total. The predicted molar refractivity (Wildman–Crippen MR) is 37.8 cm³/mol. The van der Waals surface area contributed by atoms with Crippen LogP contribution in [0.1, 0.15) is 5.56 Å². The van der Waals surface area contributed by atoms with Crippen LogP contribution in [0.5, 0.6) is 0 Å². The van der Waals surface area contributed by atoms with Gasteiger partial charge in [-0.2, -0.15) is 0 Å². The van der Waals surface area contributed by atoms with Crippen molar-refractivity contribution in [3.8, 4) is 0 Å². The van der Waals surface area contributed by atoms with Gasteiger partial charge in [-0.05, 0) is 5.56 Å². The number of hydrogen-bond acceptors (Lipinski definition) is 1. The molecule has 0 unspecified atom stereocenters. The van der Waals surface area contributed by atoms with Gasteiger partial charge in [0, 0.05) is 26.2 Å². The Kier molecular flexibility index (Phi) is 5.05. The van der Waals surface area contributed by atoms with Crippen molar-refractivity contribution < 1.29 is 36.1 Å². The zero-order valence-electron chi connectivity index (χ0n) is 5.95. The number of carboxylic acids is 1. The van der Waals surface area contributed by atoms with Crippen LogP contribution in [-0.4, -0.2) is 11.1 Å². The molecule has 1 rings (SSSR count). The maximum Gasteiger partial charge on any atom is 0.307 e. The van der Waals surface area contributed by atoms with E-state index in [4.69, 9.17) is 5.11 Å². The van der Waals surface area contributed by atoms with Crippen molar-refractivity contribution >= 4 is 5.97 Å². The fourth-order valence-electron chi connectivity index (χ4n) is 0.770. The maximum absolute atomic E-state index is 10.2. The molecule has 0 bridgehead atoms. The second-order valence-corrected chi connectivity index (χ2v) is 2.06. The molecular weight excluding hydrogens is 219 g/mol. The second-order valence-electron chi connectivity index (χ2n) is 2.06. The summed E-state index contributed by atoms with van der Waals surface area (Å²) in [4.78, 5) is 10.2. The van der Waals surface area contributed by atoms with Crippen LogP contribution in [0.15, 0.2) is 30.3 Å². The molecule has 0 aromatic heterocycles. The molecule has 0 aliphatic carbocycles. The Bertz CT molecular complexity index is 221. The molecule has 11 heavy (non-hydrogen) atoms. The zero-order chi connectivity index (χ0) is 7.40. The van der Waals surface area contributed by atoms with Gasteiger partial charge in [-0.3, -0.25) is 4.79 Å². The van der Waals surface area contributed by atoms with Gasteiger partial charge in [0.2, 0.25) is 0 Å². The third-order valence-electron chi connectivity index (χ3n) is 1.20. The standard InChI is InChI=1S/C8H8O2.Zr/c9-8(10)6-7-4-2-1-3-5-7;/h1-5H,6H2,(H,9,10);. The van der Waals surface area contributed by atoms with E-state index in [0.29, 0.717) is 0 Å². The van der Waals surface area contributed by atoms with Crippen LogP contribution >= 0.6 is 0 Å². The molecule has 0 atom stereocenters. The third-order valence-corrected chi connectivity index (χ3v) is 1.20. The Morgan fingerprint density at radius 2 is 1.82 bits per heavy atom. The van der Waals surface area contributed by atoms with E-state index in [0.717, 1.165) is 5.56 Å². The quantitative estimate of drug-likeness (QED) is 0.827. The van der Waals surface area contributed by atoms with Gasteiger partial charge in [-0.25, -0.2) is 0 Å². The first-order valence-electron chi connectivity index (χ1n) is 3.05. The summed E-state index contributed by atoms with van der Waals surface area (Å²) in [7, 11) is 0. The number of aliphatic carboxylic acids is 1. The molecule has 0 saturated heterocycles. The van der Waals surface area contributed by atoms with Gasteiger partial charge < -0.3 is 5.11 Å². The Hall–Kier alpha value is -0.427. The summed E-state index contributed by atoms with van der Waals surface area (Å²) >= 11 is 0.